The number of amides is 4. The topological polar surface area (TPSA) is 130 Å². The maximum Gasteiger partial charge on any atom is 0.328 e. The zero-order valence-electron chi connectivity index (χ0n) is 10.7. The summed E-state index contributed by atoms with van der Waals surface area (Å²) in [7, 11) is -4.53. The minimum Gasteiger partial charge on any atom is -0.282 e. The maximum atomic E-state index is 11.7. The van der Waals surface area contributed by atoms with Crippen LogP contribution in [0.2, 0.25) is 0 Å². The van der Waals surface area contributed by atoms with Crippen LogP contribution in [0.5, 0.6) is 0 Å². The zero-order chi connectivity index (χ0) is 15.8. The zero-order valence-corrected chi connectivity index (χ0v) is 11.5. The molecule has 9 heteroatoms. The fourth-order valence-corrected chi connectivity index (χ4v) is 2.69. The van der Waals surface area contributed by atoms with Crippen molar-refractivity contribution < 1.29 is 27.4 Å². The van der Waals surface area contributed by atoms with Gasteiger partial charge in [-0.1, -0.05) is 18.2 Å². The Morgan fingerprint density at radius 2 is 1.57 bits per heavy atom. The van der Waals surface area contributed by atoms with Gasteiger partial charge in [0.25, 0.3) is 21.9 Å². The second-order valence-corrected chi connectivity index (χ2v) is 5.60. The van der Waals surface area contributed by atoms with Gasteiger partial charge in [0.1, 0.15) is 10.5 Å². The van der Waals surface area contributed by atoms with Crippen molar-refractivity contribution in [3.05, 3.63) is 35.4 Å². The number of carbonyl (C=O) groups is 3. The van der Waals surface area contributed by atoms with Gasteiger partial charge in [0.2, 0.25) is 0 Å². The van der Waals surface area contributed by atoms with E-state index in [1.54, 1.807) is 0 Å². The molecule has 1 saturated heterocycles. The number of hydrogen-bond acceptors (Lipinski definition) is 5. The first kappa shape index (κ1) is 14.9. The molecule has 1 aromatic carbocycles. The highest BCUT2D eigenvalue weighted by molar-refractivity contribution is 7.86. The molecule has 1 aliphatic heterocycles. The van der Waals surface area contributed by atoms with Crippen LogP contribution in [0.4, 0.5) is 4.79 Å². The Morgan fingerprint density at radius 1 is 1.05 bits per heavy atom. The van der Waals surface area contributed by atoms with Crippen LogP contribution in [0.3, 0.4) is 0 Å². The van der Waals surface area contributed by atoms with Crippen LogP contribution < -0.4 is 10.6 Å². The highest BCUT2D eigenvalue weighted by Gasteiger charge is 2.31. The summed E-state index contributed by atoms with van der Waals surface area (Å²) in [6.07, 6.45) is 0. The minimum absolute atomic E-state index is 0.00495. The monoisotopic (exact) mass is 310 g/mol. The lowest BCUT2D eigenvalue weighted by atomic mass is 9.99. The van der Waals surface area contributed by atoms with Crippen LogP contribution in [-0.2, 0) is 19.7 Å². The van der Waals surface area contributed by atoms with E-state index in [1.807, 2.05) is 10.6 Å². The van der Waals surface area contributed by atoms with E-state index in [4.69, 9.17) is 0 Å². The highest BCUT2D eigenvalue weighted by atomic mass is 32.2. The molecule has 110 valence electrons. The molecule has 4 amide bonds. The summed E-state index contributed by atoms with van der Waals surface area (Å²) in [5, 5.41) is 3.78. The lowest BCUT2D eigenvalue weighted by molar-refractivity contribution is -0.123. The highest BCUT2D eigenvalue weighted by Crippen LogP contribution is 2.26. The number of urea groups is 1. The standard InChI is InChI=1S/C12H10N2O6S/c1-6(9-10(15)13-12(17)14-11(9)16)7-4-2-3-5-8(7)21(18,19)20/h2-5H,1H3,(H,18,19,20)(H2,13,14,15,16,17). The molecule has 0 aliphatic carbocycles. The Bertz CT molecular complexity index is 772. The Balaban J connectivity index is 2.67. The number of allylic oxidation sites excluding steroid dienone is 1. The number of benzene rings is 1. The molecule has 8 nitrogen and oxygen atoms in total. The van der Waals surface area contributed by atoms with Crippen molar-refractivity contribution in [1.29, 1.82) is 0 Å². The number of barbiturate groups is 1. The molecule has 0 atom stereocenters. The normalized spacial score (nSPS) is 15.5. The molecule has 0 saturated carbocycles. The molecule has 1 heterocycles. The quantitative estimate of drug-likeness (QED) is 0.403. The maximum absolute atomic E-state index is 11.7. The van der Waals surface area contributed by atoms with Crippen LogP contribution in [0.25, 0.3) is 5.57 Å². The summed E-state index contributed by atoms with van der Waals surface area (Å²) in [6.45, 7) is 1.34. The summed E-state index contributed by atoms with van der Waals surface area (Å²) in [4.78, 5) is 34.0. The van der Waals surface area contributed by atoms with Gasteiger partial charge in [0, 0.05) is 0 Å². The number of imide groups is 2. The van der Waals surface area contributed by atoms with Crippen LogP contribution >= 0.6 is 0 Å². The molecule has 1 fully saturated rings. The molecule has 3 N–H and O–H groups in total. The molecule has 0 bridgehead atoms. The van der Waals surface area contributed by atoms with Crippen LogP contribution in [-0.4, -0.2) is 30.8 Å². The van der Waals surface area contributed by atoms with Gasteiger partial charge in [0.15, 0.2) is 0 Å². The lowest BCUT2D eigenvalue weighted by Gasteiger charge is -2.17. The Hall–Kier alpha value is -2.52. The third-order valence-electron chi connectivity index (χ3n) is 2.85. The number of carbonyl (C=O) groups excluding carboxylic acids is 3. The van der Waals surface area contributed by atoms with Crippen molar-refractivity contribution in [2.45, 2.75) is 11.8 Å². The molecule has 0 radical (unpaired) electrons. The summed E-state index contributed by atoms with van der Waals surface area (Å²) < 4.78 is 31.9. The smallest absolute Gasteiger partial charge is 0.282 e. The molecule has 1 aromatic rings. The van der Waals surface area contributed by atoms with Gasteiger partial charge in [-0.05, 0) is 24.1 Å². The van der Waals surface area contributed by atoms with Gasteiger partial charge in [0.05, 0.1) is 0 Å². The van der Waals surface area contributed by atoms with Crippen molar-refractivity contribution >= 4 is 33.5 Å². The van der Waals surface area contributed by atoms with Gasteiger partial charge in [-0.3, -0.25) is 24.8 Å². The van der Waals surface area contributed by atoms with Gasteiger partial charge in [-0.25, -0.2) is 4.79 Å². The third-order valence-corrected chi connectivity index (χ3v) is 3.76. The SMILES string of the molecule is CC(=C1C(=O)NC(=O)NC1=O)c1ccccc1S(=O)(=O)O. The Morgan fingerprint density at radius 3 is 2.10 bits per heavy atom. The van der Waals surface area contributed by atoms with Crippen molar-refractivity contribution in [3.8, 4) is 0 Å². The molecule has 0 aromatic heterocycles. The fourth-order valence-electron chi connectivity index (χ4n) is 1.94. The molecule has 0 spiro atoms. The summed E-state index contributed by atoms with van der Waals surface area (Å²) in [5.74, 6) is -1.88. The summed E-state index contributed by atoms with van der Waals surface area (Å²) >= 11 is 0. The van der Waals surface area contributed by atoms with Gasteiger partial charge in [-0.2, -0.15) is 8.42 Å². The molecular formula is C12H10N2O6S. The van der Waals surface area contributed by atoms with Gasteiger partial charge >= 0.3 is 6.03 Å². The van der Waals surface area contributed by atoms with E-state index in [1.165, 1.54) is 25.1 Å². The molecule has 0 unspecified atom stereocenters. The molecular weight excluding hydrogens is 300 g/mol. The number of rotatable bonds is 2. The van der Waals surface area contributed by atoms with Crippen molar-refractivity contribution in [2.24, 2.45) is 0 Å². The van der Waals surface area contributed by atoms with E-state index < -0.39 is 38.4 Å². The molecule has 1 aliphatic rings. The van der Waals surface area contributed by atoms with E-state index >= 15 is 0 Å². The Kier molecular flexibility index (Phi) is 3.62. The second-order valence-electron chi connectivity index (χ2n) is 4.21. The molecule has 2 rings (SSSR count). The van der Waals surface area contributed by atoms with E-state index in [0.717, 1.165) is 6.07 Å². The van der Waals surface area contributed by atoms with E-state index in [-0.39, 0.29) is 11.1 Å². The first-order valence-corrected chi connectivity index (χ1v) is 7.10. The van der Waals surface area contributed by atoms with E-state index in [2.05, 4.69) is 0 Å². The van der Waals surface area contributed by atoms with Crippen LogP contribution in [0.15, 0.2) is 34.7 Å². The molecule has 21 heavy (non-hydrogen) atoms. The van der Waals surface area contributed by atoms with E-state index in [0.29, 0.717) is 0 Å². The predicted octanol–water partition coefficient (Wildman–Crippen LogP) is 0.0728. The van der Waals surface area contributed by atoms with Gasteiger partial charge < -0.3 is 0 Å². The first-order valence-electron chi connectivity index (χ1n) is 5.66. The average molecular weight is 310 g/mol. The summed E-state index contributed by atoms with van der Waals surface area (Å²) in [5.41, 5.74) is -0.383. The fraction of sp³-hybridized carbons (Fsp3) is 0.0833. The third kappa shape index (κ3) is 2.83. The Labute approximate surface area is 119 Å². The van der Waals surface area contributed by atoms with Crippen molar-refractivity contribution in [1.82, 2.24) is 10.6 Å². The lowest BCUT2D eigenvalue weighted by Crippen LogP contribution is -2.51. The van der Waals surface area contributed by atoms with Crippen LogP contribution in [0.1, 0.15) is 12.5 Å². The van der Waals surface area contributed by atoms with Crippen LogP contribution in [0, 0.1) is 0 Å². The van der Waals surface area contributed by atoms with Gasteiger partial charge in [-0.15, -0.1) is 0 Å². The first-order chi connectivity index (χ1) is 9.71. The predicted molar refractivity (Wildman–Crippen MR) is 70.5 cm³/mol. The largest absolute Gasteiger partial charge is 0.328 e. The minimum atomic E-state index is -4.53. The number of nitrogens with one attached hydrogen (secondary N) is 2. The number of hydrogen-bond donors (Lipinski definition) is 3. The average Bonchev–Trinajstić information content (AvgIpc) is 2.36. The second kappa shape index (κ2) is 5.11. The van der Waals surface area contributed by atoms with Crippen molar-refractivity contribution in [3.63, 3.8) is 0 Å². The van der Waals surface area contributed by atoms with E-state index in [9.17, 15) is 27.4 Å². The summed E-state index contributed by atoms with van der Waals surface area (Å²) in [6, 6.07) is 4.39. The van der Waals surface area contributed by atoms with Crippen molar-refractivity contribution in [2.75, 3.05) is 0 Å².